The molecule has 0 spiro atoms. The highest BCUT2D eigenvalue weighted by molar-refractivity contribution is 6.07. The highest BCUT2D eigenvalue weighted by Crippen LogP contribution is 2.20. The van der Waals surface area contributed by atoms with Crippen LogP contribution in [0, 0.1) is 0 Å². The average molecular weight is 360 g/mol. The molecule has 3 aromatic carbocycles. The van der Waals surface area contributed by atoms with Gasteiger partial charge in [-0.05, 0) is 29.0 Å². The summed E-state index contributed by atoms with van der Waals surface area (Å²) in [4.78, 5) is 17.3. The van der Waals surface area contributed by atoms with Gasteiger partial charge >= 0.3 is 0 Å². The molecule has 1 aliphatic rings. The molecular formula is C23H24N2O2. The zero-order valence-electron chi connectivity index (χ0n) is 15.4. The summed E-state index contributed by atoms with van der Waals surface area (Å²) in [7, 11) is 0. The van der Waals surface area contributed by atoms with Gasteiger partial charge in [0.25, 0.3) is 5.91 Å². The monoisotopic (exact) mass is 360 g/mol. The number of fused-ring (bicyclic) bond motifs is 1. The van der Waals surface area contributed by atoms with Crippen LogP contribution in [0.25, 0.3) is 10.8 Å². The van der Waals surface area contributed by atoms with E-state index in [-0.39, 0.29) is 5.91 Å². The Hall–Kier alpha value is -2.85. The number of rotatable bonds is 5. The van der Waals surface area contributed by atoms with Crippen LogP contribution < -0.4 is 4.74 Å². The Morgan fingerprint density at radius 3 is 2.33 bits per heavy atom. The van der Waals surface area contributed by atoms with Crippen molar-refractivity contribution < 1.29 is 9.53 Å². The van der Waals surface area contributed by atoms with Crippen molar-refractivity contribution in [1.82, 2.24) is 9.80 Å². The van der Waals surface area contributed by atoms with E-state index in [1.165, 1.54) is 0 Å². The van der Waals surface area contributed by atoms with Gasteiger partial charge in [0, 0.05) is 38.3 Å². The molecule has 138 valence electrons. The quantitative estimate of drug-likeness (QED) is 0.696. The third-order valence-electron chi connectivity index (χ3n) is 5.10. The molecule has 1 saturated heterocycles. The normalized spacial score (nSPS) is 15.0. The lowest BCUT2D eigenvalue weighted by Crippen LogP contribution is -2.49. The van der Waals surface area contributed by atoms with Gasteiger partial charge in [-0.1, -0.05) is 54.6 Å². The van der Waals surface area contributed by atoms with Crippen LogP contribution in [0.3, 0.4) is 0 Å². The van der Waals surface area contributed by atoms with Crippen molar-refractivity contribution in [2.24, 2.45) is 0 Å². The van der Waals surface area contributed by atoms with Gasteiger partial charge in [-0.25, -0.2) is 0 Å². The molecule has 0 unspecified atom stereocenters. The Kier molecular flexibility index (Phi) is 5.35. The Bertz CT molecular complexity index is 897. The molecule has 0 aromatic heterocycles. The molecule has 4 rings (SSSR count). The van der Waals surface area contributed by atoms with Crippen LogP contribution in [0.1, 0.15) is 10.4 Å². The van der Waals surface area contributed by atoms with Gasteiger partial charge in [0.15, 0.2) is 0 Å². The third-order valence-corrected chi connectivity index (χ3v) is 5.10. The van der Waals surface area contributed by atoms with Gasteiger partial charge in [0.1, 0.15) is 12.4 Å². The SMILES string of the molecule is O=C(c1cccc2ccccc12)N1CCN(CCOc2ccccc2)CC1. The minimum atomic E-state index is 0.131. The number of hydrogen-bond donors (Lipinski definition) is 0. The molecule has 1 heterocycles. The summed E-state index contributed by atoms with van der Waals surface area (Å²) < 4.78 is 5.78. The van der Waals surface area contributed by atoms with Crippen LogP contribution in [0.4, 0.5) is 0 Å². The second-order valence-corrected chi connectivity index (χ2v) is 6.82. The molecule has 1 fully saturated rings. The van der Waals surface area contributed by atoms with Crippen LogP contribution in [-0.2, 0) is 0 Å². The van der Waals surface area contributed by atoms with E-state index in [1.54, 1.807) is 0 Å². The molecule has 4 nitrogen and oxygen atoms in total. The summed E-state index contributed by atoms with van der Waals surface area (Å²) in [5.74, 6) is 1.04. The Morgan fingerprint density at radius 1 is 0.815 bits per heavy atom. The summed E-state index contributed by atoms with van der Waals surface area (Å²) in [6.45, 7) is 4.83. The first-order chi connectivity index (χ1) is 13.3. The van der Waals surface area contributed by atoms with Crippen LogP contribution in [-0.4, -0.2) is 55.0 Å². The van der Waals surface area contributed by atoms with Gasteiger partial charge in [0.2, 0.25) is 0 Å². The minimum absolute atomic E-state index is 0.131. The number of ether oxygens (including phenoxy) is 1. The Labute approximate surface area is 160 Å². The smallest absolute Gasteiger partial charge is 0.254 e. The number of amides is 1. The molecular weight excluding hydrogens is 336 g/mol. The summed E-state index contributed by atoms with van der Waals surface area (Å²) in [5, 5.41) is 2.14. The van der Waals surface area contributed by atoms with Crippen molar-refractivity contribution in [1.29, 1.82) is 0 Å². The molecule has 1 amide bonds. The second-order valence-electron chi connectivity index (χ2n) is 6.82. The van der Waals surface area contributed by atoms with E-state index < -0.39 is 0 Å². The number of benzene rings is 3. The van der Waals surface area contributed by atoms with Crippen molar-refractivity contribution in [3.05, 3.63) is 78.4 Å². The van der Waals surface area contributed by atoms with Crippen molar-refractivity contribution in [2.75, 3.05) is 39.3 Å². The van der Waals surface area contributed by atoms with Gasteiger partial charge in [-0.2, -0.15) is 0 Å². The highest BCUT2D eigenvalue weighted by Gasteiger charge is 2.23. The van der Waals surface area contributed by atoms with Gasteiger partial charge < -0.3 is 9.64 Å². The van der Waals surface area contributed by atoms with Gasteiger partial charge in [-0.15, -0.1) is 0 Å². The number of piperazine rings is 1. The maximum Gasteiger partial charge on any atom is 0.254 e. The molecule has 27 heavy (non-hydrogen) atoms. The molecule has 0 aliphatic carbocycles. The van der Waals surface area contributed by atoms with E-state index >= 15 is 0 Å². The standard InChI is InChI=1S/C23H24N2O2/c26-23(22-12-6-8-19-7-4-5-11-21(19)22)25-15-13-24(14-16-25)17-18-27-20-9-2-1-3-10-20/h1-12H,13-18H2. The zero-order chi connectivity index (χ0) is 18.5. The molecule has 3 aromatic rings. The van der Waals surface area contributed by atoms with E-state index in [0.717, 1.165) is 54.8 Å². The summed E-state index contributed by atoms with van der Waals surface area (Å²) >= 11 is 0. The fraction of sp³-hybridized carbons (Fsp3) is 0.261. The van der Waals surface area contributed by atoms with Crippen molar-refractivity contribution in [3.63, 3.8) is 0 Å². The molecule has 0 saturated carbocycles. The highest BCUT2D eigenvalue weighted by atomic mass is 16.5. The molecule has 1 aliphatic heterocycles. The lowest BCUT2D eigenvalue weighted by molar-refractivity contribution is 0.0622. The van der Waals surface area contributed by atoms with Gasteiger partial charge in [-0.3, -0.25) is 9.69 Å². The Morgan fingerprint density at radius 2 is 1.52 bits per heavy atom. The maximum atomic E-state index is 13.0. The van der Waals surface area contributed by atoms with Crippen LogP contribution in [0.2, 0.25) is 0 Å². The molecule has 0 radical (unpaired) electrons. The van der Waals surface area contributed by atoms with Crippen LogP contribution in [0.15, 0.2) is 72.8 Å². The van der Waals surface area contributed by atoms with Crippen molar-refractivity contribution in [3.8, 4) is 5.75 Å². The van der Waals surface area contributed by atoms with Crippen molar-refractivity contribution in [2.45, 2.75) is 0 Å². The Balaban J connectivity index is 1.31. The summed E-state index contributed by atoms with van der Waals surface area (Å²) in [5.41, 5.74) is 0.800. The zero-order valence-corrected chi connectivity index (χ0v) is 15.4. The lowest BCUT2D eigenvalue weighted by Gasteiger charge is -2.34. The topological polar surface area (TPSA) is 32.8 Å². The fourth-order valence-corrected chi connectivity index (χ4v) is 3.57. The number of carbonyl (C=O) groups is 1. The number of hydrogen-bond acceptors (Lipinski definition) is 3. The summed E-state index contributed by atoms with van der Waals surface area (Å²) in [6, 6.07) is 23.9. The first kappa shape index (κ1) is 17.6. The first-order valence-electron chi connectivity index (χ1n) is 9.48. The van der Waals surface area contributed by atoms with Crippen LogP contribution in [0.5, 0.6) is 5.75 Å². The van der Waals surface area contributed by atoms with Crippen LogP contribution >= 0.6 is 0 Å². The molecule has 0 N–H and O–H groups in total. The number of para-hydroxylation sites is 1. The lowest BCUT2D eigenvalue weighted by atomic mass is 10.0. The second kappa shape index (κ2) is 8.23. The number of nitrogens with zero attached hydrogens (tertiary/aromatic N) is 2. The first-order valence-corrected chi connectivity index (χ1v) is 9.48. The molecule has 4 heteroatoms. The van der Waals surface area contributed by atoms with Crippen molar-refractivity contribution >= 4 is 16.7 Å². The van der Waals surface area contributed by atoms with Gasteiger partial charge in [0.05, 0.1) is 0 Å². The predicted octanol–water partition coefficient (Wildman–Crippen LogP) is 3.68. The minimum Gasteiger partial charge on any atom is -0.492 e. The maximum absolute atomic E-state index is 13.0. The van der Waals surface area contributed by atoms with E-state index in [0.29, 0.717) is 6.61 Å². The van der Waals surface area contributed by atoms with E-state index in [2.05, 4.69) is 17.0 Å². The fourth-order valence-electron chi connectivity index (χ4n) is 3.57. The molecule has 0 atom stereocenters. The summed E-state index contributed by atoms with van der Waals surface area (Å²) in [6.07, 6.45) is 0. The third kappa shape index (κ3) is 4.12. The van der Waals surface area contributed by atoms with E-state index in [1.807, 2.05) is 65.6 Å². The average Bonchev–Trinajstić information content (AvgIpc) is 2.74. The van der Waals surface area contributed by atoms with E-state index in [9.17, 15) is 4.79 Å². The molecule has 0 bridgehead atoms. The number of carbonyl (C=O) groups excluding carboxylic acids is 1. The predicted molar refractivity (Wildman–Crippen MR) is 108 cm³/mol. The van der Waals surface area contributed by atoms with E-state index in [4.69, 9.17) is 4.74 Å². The largest absolute Gasteiger partial charge is 0.492 e.